The molecule has 2 aromatic rings. The number of carbonyl (C=O) groups excluding carboxylic acids is 2. The van der Waals surface area contributed by atoms with Crippen molar-refractivity contribution in [3.05, 3.63) is 30.2 Å². The molecule has 1 aromatic carbocycles. The van der Waals surface area contributed by atoms with E-state index in [1.807, 2.05) is 24.3 Å². The molecule has 0 radical (unpaired) electrons. The van der Waals surface area contributed by atoms with Crippen LogP contribution < -0.4 is 10.6 Å². The number of aromatic nitrogens is 1. The molecule has 0 unspecified atom stereocenters. The van der Waals surface area contributed by atoms with Crippen LogP contribution in [0, 0.1) is 5.92 Å². The van der Waals surface area contributed by atoms with Crippen LogP contribution in [0.1, 0.15) is 25.7 Å². The first-order chi connectivity index (χ1) is 11.5. The molecule has 0 bridgehead atoms. The number of benzene rings is 1. The van der Waals surface area contributed by atoms with E-state index in [1.54, 1.807) is 6.92 Å². The van der Waals surface area contributed by atoms with Gasteiger partial charge in [0.2, 0.25) is 5.89 Å². The van der Waals surface area contributed by atoms with Gasteiger partial charge in [-0.15, -0.1) is 0 Å². The molecule has 2 N–H and O–H groups in total. The van der Waals surface area contributed by atoms with Gasteiger partial charge in [0.25, 0.3) is 5.91 Å². The predicted octanol–water partition coefficient (Wildman–Crippen LogP) is 1.64. The lowest BCUT2D eigenvalue weighted by Crippen LogP contribution is -2.55. The first-order valence-electron chi connectivity index (χ1n) is 8.25. The van der Waals surface area contributed by atoms with E-state index in [2.05, 4.69) is 20.5 Å². The van der Waals surface area contributed by atoms with Gasteiger partial charge in [0.15, 0.2) is 5.58 Å². The Kier molecular flexibility index (Phi) is 3.53. The number of amides is 3. The Morgan fingerprint density at radius 3 is 2.96 bits per heavy atom. The van der Waals surface area contributed by atoms with E-state index in [0.29, 0.717) is 12.4 Å². The summed E-state index contributed by atoms with van der Waals surface area (Å²) < 4.78 is 5.79. The fraction of sp³-hybridized carbons (Fsp3) is 0.471. The minimum absolute atomic E-state index is 0.0714. The Balaban J connectivity index is 1.49. The number of urea groups is 1. The van der Waals surface area contributed by atoms with Gasteiger partial charge in [-0.1, -0.05) is 12.1 Å². The Bertz CT molecular complexity index is 769. The van der Waals surface area contributed by atoms with E-state index in [0.717, 1.165) is 37.0 Å². The first kappa shape index (κ1) is 15.1. The number of hydrogen-bond acceptors (Lipinski definition) is 5. The summed E-state index contributed by atoms with van der Waals surface area (Å²) in [6.45, 7) is 4.07. The van der Waals surface area contributed by atoms with Crippen molar-refractivity contribution in [3.8, 4) is 0 Å². The van der Waals surface area contributed by atoms with Crippen molar-refractivity contribution in [1.82, 2.24) is 20.5 Å². The molecule has 2 aliphatic heterocycles. The van der Waals surface area contributed by atoms with E-state index in [4.69, 9.17) is 4.42 Å². The van der Waals surface area contributed by atoms with Crippen molar-refractivity contribution in [3.63, 3.8) is 0 Å². The maximum atomic E-state index is 12.1. The third-order valence-corrected chi connectivity index (χ3v) is 5.09. The van der Waals surface area contributed by atoms with Crippen LogP contribution in [0.25, 0.3) is 11.1 Å². The van der Waals surface area contributed by atoms with Gasteiger partial charge in [0, 0.05) is 12.5 Å². The number of rotatable bonds is 3. The Labute approximate surface area is 139 Å². The number of nitrogens with zero attached hydrogens (tertiary/aromatic N) is 2. The third-order valence-electron chi connectivity index (χ3n) is 5.09. The van der Waals surface area contributed by atoms with Crippen LogP contribution in [-0.2, 0) is 11.3 Å². The van der Waals surface area contributed by atoms with Gasteiger partial charge in [-0.2, -0.15) is 0 Å². The largest absolute Gasteiger partial charge is 0.439 e. The molecule has 0 saturated carbocycles. The van der Waals surface area contributed by atoms with Crippen LogP contribution in [-0.4, -0.2) is 40.5 Å². The number of likely N-dealkylation sites (tertiary alicyclic amines) is 1. The number of oxazole rings is 1. The summed E-state index contributed by atoms with van der Waals surface area (Å²) in [5, 5.41) is 5.14. The van der Waals surface area contributed by atoms with Gasteiger partial charge in [0.05, 0.1) is 6.54 Å². The zero-order chi connectivity index (χ0) is 16.7. The maximum Gasteiger partial charge on any atom is 0.322 e. The summed E-state index contributed by atoms with van der Waals surface area (Å²) in [6, 6.07) is 7.30. The lowest BCUT2D eigenvalue weighted by atomic mass is 9.80. The highest BCUT2D eigenvalue weighted by molar-refractivity contribution is 6.07. The summed E-state index contributed by atoms with van der Waals surface area (Å²) in [5.74, 6) is 0.519. The highest BCUT2D eigenvalue weighted by Gasteiger charge is 2.48. The lowest BCUT2D eigenvalue weighted by Gasteiger charge is -2.39. The summed E-state index contributed by atoms with van der Waals surface area (Å²) in [7, 11) is 0. The minimum atomic E-state index is -0.836. The van der Waals surface area contributed by atoms with Gasteiger partial charge in [-0.25, -0.2) is 9.78 Å². The van der Waals surface area contributed by atoms with E-state index < -0.39 is 11.6 Å². The summed E-state index contributed by atoms with van der Waals surface area (Å²) in [6.07, 6.45) is 1.89. The van der Waals surface area contributed by atoms with Crippen LogP contribution in [0.15, 0.2) is 28.7 Å². The van der Waals surface area contributed by atoms with Crippen molar-refractivity contribution in [1.29, 1.82) is 0 Å². The Morgan fingerprint density at radius 2 is 2.21 bits per heavy atom. The molecule has 7 nitrogen and oxygen atoms in total. The number of hydrogen-bond donors (Lipinski definition) is 2. The zero-order valence-electron chi connectivity index (χ0n) is 13.5. The lowest BCUT2D eigenvalue weighted by molar-refractivity contribution is -0.126. The van der Waals surface area contributed by atoms with Gasteiger partial charge < -0.3 is 9.73 Å². The van der Waals surface area contributed by atoms with E-state index in [-0.39, 0.29) is 11.8 Å². The van der Waals surface area contributed by atoms with Gasteiger partial charge >= 0.3 is 6.03 Å². The van der Waals surface area contributed by atoms with E-state index in [1.165, 1.54) is 0 Å². The number of fused-ring (bicyclic) bond motifs is 1. The fourth-order valence-electron chi connectivity index (χ4n) is 3.69. The molecule has 2 fully saturated rings. The third kappa shape index (κ3) is 2.54. The average Bonchev–Trinajstić information content (AvgIpc) is 3.08. The van der Waals surface area contributed by atoms with E-state index in [9.17, 15) is 9.59 Å². The Morgan fingerprint density at radius 1 is 1.38 bits per heavy atom. The molecule has 1 aromatic heterocycles. The van der Waals surface area contributed by atoms with E-state index >= 15 is 0 Å². The number of nitrogens with one attached hydrogen (secondary N) is 2. The molecule has 0 spiro atoms. The summed E-state index contributed by atoms with van der Waals surface area (Å²) >= 11 is 0. The summed E-state index contributed by atoms with van der Waals surface area (Å²) in [5.41, 5.74) is 0.808. The highest BCUT2D eigenvalue weighted by Crippen LogP contribution is 2.30. The standard InChI is InChI=1S/C17H20N4O3/c1-17(15(22)19-16(23)20-17)11-5-4-8-21(9-11)10-14-18-12-6-2-3-7-13(12)24-14/h2-3,6-7,11H,4-5,8-10H2,1H3,(H2,19,20,22,23)/t11-,17-/m0/s1. The van der Waals surface area contributed by atoms with Crippen molar-refractivity contribution in [2.24, 2.45) is 5.92 Å². The van der Waals surface area contributed by atoms with Crippen molar-refractivity contribution in [2.75, 3.05) is 13.1 Å². The van der Waals surface area contributed by atoms with Crippen LogP contribution in [0.2, 0.25) is 0 Å². The average molecular weight is 328 g/mol. The molecule has 2 atom stereocenters. The number of piperidine rings is 1. The first-order valence-corrected chi connectivity index (χ1v) is 8.25. The van der Waals surface area contributed by atoms with Gasteiger partial charge in [-0.3, -0.25) is 15.0 Å². The van der Waals surface area contributed by atoms with Crippen LogP contribution in [0.3, 0.4) is 0 Å². The zero-order valence-corrected chi connectivity index (χ0v) is 13.5. The molecule has 3 amide bonds. The topological polar surface area (TPSA) is 87.5 Å². The van der Waals surface area contributed by atoms with Crippen LogP contribution in [0.5, 0.6) is 0 Å². The molecule has 3 heterocycles. The molecular weight excluding hydrogens is 308 g/mol. The number of imide groups is 1. The summed E-state index contributed by atoms with van der Waals surface area (Å²) in [4.78, 5) is 30.4. The van der Waals surface area contributed by atoms with Crippen molar-refractivity contribution >= 4 is 23.0 Å². The number of carbonyl (C=O) groups is 2. The monoisotopic (exact) mass is 328 g/mol. The van der Waals surface area contributed by atoms with Gasteiger partial charge in [0.1, 0.15) is 11.1 Å². The normalized spacial score (nSPS) is 28.1. The van der Waals surface area contributed by atoms with Crippen LogP contribution in [0.4, 0.5) is 4.79 Å². The molecular formula is C17H20N4O3. The molecule has 4 rings (SSSR count). The molecule has 2 saturated heterocycles. The predicted molar refractivity (Wildman–Crippen MR) is 87.1 cm³/mol. The molecule has 24 heavy (non-hydrogen) atoms. The maximum absolute atomic E-state index is 12.1. The van der Waals surface area contributed by atoms with Crippen molar-refractivity contribution in [2.45, 2.75) is 31.8 Å². The SMILES string of the molecule is C[C@@]1([C@H]2CCCN(Cc3nc4ccccc4o3)C2)NC(=O)NC1=O. The quantitative estimate of drug-likeness (QED) is 0.836. The van der Waals surface area contributed by atoms with Crippen LogP contribution >= 0.6 is 0 Å². The molecule has 2 aliphatic rings. The number of para-hydroxylation sites is 2. The smallest absolute Gasteiger partial charge is 0.322 e. The second kappa shape index (κ2) is 5.59. The second-order valence-electron chi connectivity index (χ2n) is 6.76. The Hall–Kier alpha value is -2.41. The van der Waals surface area contributed by atoms with Crippen molar-refractivity contribution < 1.29 is 14.0 Å². The second-order valence-corrected chi connectivity index (χ2v) is 6.76. The van der Waals surface area contributed by atoms with Gasteiger partial charge in [-0.05, 0) is 38.4 Å². The highest BCUT2D eigenvalue weighted by atomic mass is 16.3. The minimum Gasteiger partial charge on any atom is -0.439 e. The fourth-order valence-corrected chi connectivity index (χ4v) is 3.69. The molecule has 7 heteroatoms. The molecule has 126 valence electrons. The molecule has 0 aliphatic carbocycles.